The van der Waals surface area contributed by atoms with E-state index in [-0.39, 0.29) is 11.2 Å². The van der Waals surface area contributed by atoms with Crippen LogP contribution in [0.1, 0.15) is 48.5 Å². The number of Topliss-reactive ketones (excluding diaryl/α,β-unsaturated/α-hetero) is 1. The van der Waals surface area contributed by atoms with Crippen LogP contribution in [0.25, 0.3) is 0 Å². The summed E-state index contributed by atoms with van der Waals surface area (Å²) in [6.07, 6.45) is 4.94. The lowest BCUT2D eigenvalue weighted by Crippen LogP contribution is -2.27. The van der Waals surface area contributed by atoms with Crippen LogP contribution in [0.4, 0.5) is 0 Å². The summed E-state index contributed by atoms with van der Waals surface area (Å²) in [5, 5.41) is 0. The molecular formula is C15H20O2. The molecule has 92 valence electrons. The number of hydrogen-bond donors (Lipinski definition) is 0. The van der Waals surface area contributed by atoms with Crippen molar-refractivity contribution in [3.63, 3.8) is 0 Å². The molecule has 1 saturated carbocycles. The van der Waals surface area contributed by atoms with E-state index in [1.54, 1.807) is 14.0 Å². The van der Waals surface area contributed by atoms with Crippen LogP contribution < -0.4 is 0 Å². The van der Waals surface area contributed by atoms with Crippen molar-refractivity contribution >= 4 is 5.78 Å². The second kappa shape index (κ2) is 5.01. The Kier molecular flexibility index (Phi) is 3.63. The monoisotopic (exact) mass is 232 g/mol. The summed E-state index contributed by atoms with van der Waals surface area (Å²) < 4.78 is 5.39. The average molecular weight is 232 g/mol. The highest BCUT2D eigenvalue weighted by Gasteiger charge is 2.35. The predicted octanol–water partition coefficient (Wildman–Crippen LogP) is 3.35. The summed E-state index contributed by atoms with van der Waals surface area (Å²) in [6.45, 7) is 2.39. The molecule has 1 aromatic rings. The molecule has 1 aromatic carbocycles. The molecule has 0 spiro atoms. The molecule has 0 amide bonds. The lowest BCUT2D eigenvalue weighted by Gasteiger charge is -2.28. The lowest BCUT2D eigenvalue weighted by atomic mass is 9.79. The first-order valence-corrected chi connectivity index (χ1v) is 6.28. The van der Waals surface area contributed by atoms with Gasteiger partial charge in [-0.1, -0.05) is 37.1 Å². The number of methoxy groups -OCH3 is 1. The smallest absolute Gasteiger partial charge is 0.159 e. The number of ether oxygens (including phenoxy) is 1. The van der Waals surface area contributed by atoms with Gasteiger partial charge in [0, 0.05) is 18.1 Å². The van der Waals surface area contributed by atoms with Gasteiger partial charge < -0.3 is 4.74 Å². The van der Waals surface area contributed by atoms with Gasteiger partial charge in [-0.15, -0.1) is 0 Å². The molecule has 0 unspecified atom stereocenters. The Labute approximate surface area is 103 Å². The van der Waals surface area contributed by atoms with E-state index >= 15 is 0 Å². The molecule has 2 nitrogen and oxygen atoms in total. The number of benzene rings is 1. The maximum absolute atomic E-state index is 11.3. The first-order chi connectivity index (χ1) is 8.18. The van der Waals surface area contributed by atoms with Gasteiger partial charge in [-0.3, -0.25) is 4.79 Å². The lowest BCUT2D eigenvalue weighted by molar-refractivity contribution is 0.101. The molecule has 1 aliphatic carbocycles. The first kappa shape index (κ1) is 12.3. The quantitative estimate of drug-likeness (QED) is 0.744. The highest BCUT2D eigenvalue weighted by molar-refractivity contribution is 5.94. The Bertz CT molecular complexity index is 386. The molecule has 0 bridgehead atoms. The van der Waals surface area contributed by atoms with Crippen molar-refractivity contribution in [1.82, 2.24) is 0 Å². The van der Waals surface area contributed by atoms with Crippen LogP contribution in [0.15, 0.2) is 24.3 Å². The van der Waals surface area contributed by atoms with Crippen LogP contribution in [0.5, 0.6) is 0 Å². The molecule has 0 atom stereocenters. The topological polar surface area (TPSA) is 26.3 Å². The third-order valence-corrected chi connectivity index (χ3v) is 3.89. The molecule has 0 N–H and O–H groups in total. The summed E-state index contributed by atoms with van der Waals surface area (Å²) in [7, 11) is 1.77. The zero-order chi connectivity index (χ0) is 12.3. The number of rotatable bonds is 4. The largest absolute Gasteiger partial charge is 0.384 e. The maximum Gasteiger partial charge on any atom is 0.159 e. The predicted molar refractivity (Wildman–Crippen MR) is 68.5 cm³/mol. The second-order valence-corrected chi connectivity index (χ2v) is 5.05. The highest BCUT2D eigenvalue weighted by atomic mass is 16.5. The van der Waals surface area contributed by atoms with Gasteiger partial charge in [-0.2, -0.15) is 0 Å². The molecule has 1 aliphatic rings. The standard InChI is InChI=1S/C15H20O2/c1-12(16)13-5-7-14(8-6-13)15(11-17-2)9-3-4-10-15/h5-8H,3-4,9-11H2,1-2H3. The van der Waals surface area contributed by atoms with Crippen molar-refractivity contribution in [2.45, 2.75) is 38.0 Å². The summed E-state index contributed by atoms with van der Waals surface area (Å²) in [5.74, 6) is 0.128. The first-order valence-electron chi connectivity index (χ1n) is 6.28. The molecule has 0 aromatic heterocycles. The summed E-state index contributed by atoms with van der Waals surface area (Å²) in [4.78, 5) is 11.3. The molecule has 17 heavy (non-hydrogen) atoms. The fourth-order valence-electron chi connectivity index (χ4n) is 2.90. The Morgan fingerprint density at radius 2 is 1.82 bits per heavy atom. The van der Waals surface area contributed by atoms with Gasteiger partial charge >= 0.3 is 0 Å². The van der Waals surface area contributed by atoms with Gasteiger partial charge in [-0.05, 0) is 25.3 Å². The van der Waals surface area contributed by atoms with Gasteiger partial charge in [-0.25, -0.2) is 0 Å². The summed E-state index contributed by atoms with van der Waals surface area (Å²) in [6, 6.07) is 8.07. The Morgan fingerprint density at radius 3 is 2.29 bits per heavy atom. The normalized spacial score (nSPS) is 18.2. The fraction of sp³-hybridized carbons (Fsp3) is 0.533. The van der Waals surface area contributed by atoms with Gasteiger partial charge in [0.15, 0.2) is 5.78 Å². The zero-order valence-corrected chi connectivity index (χ0v) is 10.7. The van der Waals surface area contributed by atoms with E-state index in [1.807, 2.05) is 12.1 Å². The summed E-state index contributed by atoms with van der Waals surface area (Å²) >= 11 is 0. The van der Waals surface area contributed by atoms with Crippen LogP contribution in [-0.4, -0.2) is 19.5 Å². The maximum atomic E-state index is 11.3. The molecule has 1 fully saturated rings. The molecule has 0 aliphatic heterocycles. The van der Waals surface area contributed by atoms with Crippen molar-refractivity contribution in [2.24, 2.45) is 0 Å². The van der Waals surface area contributed by atoms with Crippen LogP contribution in [0.2, 0.25) is 0 Å². The number of carbonyl (C=O) groups is 1. The second-order valence-electron chi connectivity index (χ2n) is 5.05. The molecule has 2 heteroatoms. The SMILES string of the molecule is COCC1(c2ccc(C(C)=O)cc2)CCCC1. The minimum atomic E-state index is 0.128. The number of hydrogen-bond acceptors (Lipinski definition) is 2. The third-order valence-electron chi connectivity index (χ3n) is 3.89. The van der Waals surface area contributed by atoms with Gasteiger partial charge in [0.2, 0.25) is 0 Å². The van der Waals surface area contributed by atoms with E-state index < -0.39 is 0 Å². The van der Waals surface area contributed by atoms with E-state index in [2.05, 4.69) is 12.1 Å². The van der Waals surface area contributed by atoms with Gasteiger partial charge in [0.05, 0.1) is 6.61 Å². The van der Waals surface area contributed by atoms with Crippen LogP contribution in [-0.2, 0) is 10.2 Å². The minimum Gasteiger partial charge on any atom is -0.384 e. The molecule has 0 radical (unpaired) electrons. The van der Waals surface area contributed by atoms with E-state index in [1.165, 1.54) is 31.2 Å². The molecule has 0 saturated heterocycles. The Balaban J connectivity index is 2.27. The van der Waals surface area contributed by atoms with Crippen molar-refractivity contribution in [2.75, 3.05) is 13.7 Å². The van der Waals surface area contributed by atoms with E-state index in [0.717, 1.165) is 12.2 Å². The summed E-state index contributed by atoms with van der Waals surface area (Å²) in [5.41, 5.74) is 2.30. The molecule has 0 heterocycles. The minimum absolute atomic E-state index is 0.128. The number of carbonyl (C=O) groups excluding carboxylic acids is 1. The van der Waals surface area contributed by atoms with Gasteiger partial charge in [0.25, 0.3) is 0 Å². The van der Waals surface area contributed by atoms with Gasteiger partial charge in [0.1, 0.15) is 0 Å². The molecular weight excluding hydrogens is 212 g/mol. The van der Waals surface area contributed by atoms with Crippen LogP contribution in [0, 0.1) is 0 Å². The molecule has 2 rings (SSSR count). The van der Waals surface area contributed by atoms with E-state index in [0.29, 0.717) is 0 Å². The van der Waals surface area contributed by atoms with Crippen molar-refractivity contribution < 1.29 is 9.53 Å². The van der Waals surface area contributed by atoms with Crippen LogP contribution in [0.3, 0.4) is 0 Å². The Hall–Kier alpha value is -1.15. The highest BCUT2D eigenvalue weighted by Crippen LogP contribution is 2.41. The average Bonchev–Trinajstić information content (AvgIpc) is 2.79. The Morgan fingerprint density at radius 1 is 1.24 bits per heavy atom. The number of ketones is 1. The van der Waals surface area contributed by atoms with Crippen molar-refractivity contribution in [3.05, 3.63) is 35.4 Å². The zero-order valence-electron chi connectivity index (χ0n) is 10.7. The van der Waals surface area contributed by atoms with Crippen LogP contribution >= 0.6 is 0 Å². The third kappa shape index (κ3) is 2.42. The fourth-order valence-corrected chi connectivity index (χ4v) is 2.90. The van der Waals surface area contributed by atoms with E-state index in [4.69, 9.17) is 4.74 Å². The van der Waals surface area contributed by atoms with Crippen molar-refractivity contribution in [3.8, 4) is 0 Å². The van der Waals surface area contributed by atoms with E-state index in [9.17, 15) is 4.79 Å². The van der Waals surface area contributed by atoms with Crippen molar-refractivity contribution in [1.29, 1.82) is 0 Å².